The highest BCUT2D eigenvalue weighted by Crippen LogP contribution is 2.45. The first-order valence-electron chi connectivity index (χ1n) is 27.7. The van der Waals surface area contributed by atoms with Gasteiger partial charge in [-0.1, -0.05) is 246 Å². The Morgan fingerprint density at radius 2 is 0.643 bits per heavy atom. The molecule has 0 radical (unpaired) electrons. The van der Waals surface area contributed by atoms with E-state index in [4.69, 9.17) is 9.97 Å². The van der Waals surface area contributed by atoms with Crippen molar-refractivity contribution in [3.63, 3.8) is 0 Å². The molecule has 0 bridgehead atoms. The van der Waals surface area contributed by atoms with E-state index in [1.54, 1.807) is 17.4 Å². The molecule has 0 atom stereocenters. The predicted octanol–water partition coefficient (Wildman–Crippen LogP) is 19.3. The smallest absolute Gasteiger partial charge is 0.423 e. The second kappa shape index (κ2) is 23.0. The number of para-hydroxylation sites is 6. The molecular weight excluding hydrogens is 1130 g/mol. The minimum absolute atomic E-state index is 0.567. The lowest BCUT2D eigenvalue weighted by Crippen LogP contribution is -2.29. The van der Waals surface area contributed by atoms with E-state index in [0.29, 0.717) is 5.46 Å². The zero-order valence-corrected chi connectivity index (χ0v) is 48.4. The zero-order valence-electron chi connectivity index (χ0n) is 45.2. The summed E-state index contributed by atoms with van der Waals surface area (Å²) in [5, 5.41) is 24.0. The van der Waals surface area contributed by atoms with Gasteiger partial charge in [0.25, 0.3) is 0 Å². The third-order valence-electron chi connectivity index (χ3n) is 15.2. The van der Waals surface area contributed by atoms with E-state index in [0.717, 1.165) is 76.2 Å². The molecule has 0 aliphatic carbocycles. The molecule has 0 amide bonds. The Bertz CT molecular complexity index is 4990. The van der Waals surface area contributed by atoms with Gasteiger partial charge < -0.3 is 10.0 Å². The van der Waals surface area contributed by atoms with Crippen LogP contribution in [-0.4, -0.2) is 36.3 Å². The molecule has 4 aromatic heterocycles. The number of fused-ring (bicyclic) bond motifs is 8. The van der Waals surface area contributed by atoms with E-state index >= 15 is 0 Å². The minimum Gasteiger partial charge on any atom is -0.423 e. The number of imidazole rings is 2. The number of benzene rings is 12. The molecule has 0 unspecified atom stereocenters. The van der Waals surface area contributed by atoms with Crippen LogP contribution in [0.1, 0.15) is 0 Å². The Morgan fingerprint density at radius 1 is 0.310 bits per heavy atom. The highest BCUT2D eigenvalue weighted by atomic mass is 79.9. The highest BCUT2D eigenvalue weighted by Gasteiger charge is 2.20. The zero-order chi connectivity index (χ0) is 56.5. The molecule has 0 fully saturated rings. The summed E-state index contributed by atoms with van der Waals surface area (Å²) in [5.41, 5.74) is 16.6. The van der Waals surface area contributed by atoms with Crippen molar-refractivity contribution >= 4 is 114 Å². The second-order valence-electron chi connectivity index (χ2n) is 20.4. The van der Waals surface area contributed by atoms with Crippen LogP contribution in [-0.2, 0) is 0 Å². The molecule has 84 heavy (non-hydrogen) atoms. The summed E-state index contributed by atoms with van der Waals surface area (Å²) in [5.74, 6) is 1.91. The molecule has 0 spiro atoms. The van der Waals surface area contributed by atoms with Crippen LogP contribution in [0.25, 0.3) is 130 Å². The number of hydrogen-bond acceptors (Lipinski definition) is 6. The first-order chi connectivity index (χ1) is 41.4. The third-order valence-corrected chi connectivity index (χ3v) is 18.4. The number of thiophene rings is 2. The molecule has 0 aliphatic heterocycles. The summed E-state index contributed by atoms with van der Waals surface area (Å²) in [6.07, 6.45) is 0. The molecule has 16 aromatic rings. The quantitative estimate of drug-likeness (QED) is 0.149. The highest BCUT2D eigenvalue weighted by molar-refractivity contribution is 9.10. The summed E-state index contributed by atoms with van der Waals surface area (Å²) >= 11 is 7.00. The van der Waals surface area contributed by atoms with E-state index in [2.05, 4.69) is 250 Å². The molecule has 0 saturated heterocycles. The first kappa shape index (κ1) is 52.6. The van der Waals surface area contributed by atoms with Crippen molar-refractivity contribution in [2.45, 2.75) is 0 Å². The van der Waals surface area contributed by atoms with Gasteiger partial charge in [-0.25, -0.2) is 9.97 Å². The van der Waals surface area contributed by atoms with Gasteiger partial charge in [0, 0.05) is 61.9 Å². The molecule has 0 aliphatic rings. The van der Waals surface area contributed by atoms with Crippen molar-refractivity contribution in [2.75, 3.05) is 0 Å². The number of aromatic nitrogens is 4. The van der Waals surface area contributed by atoms with Gasteiger partial charge in [0.1, 0.15) is 11.6 Å². The van der Waals surface area contributed by atoms with Crippen LogP contribution >= 0.6 is 38.6 Å². The molecule has 10 heteroatoms. The predicted molar refractivity (Wildman–Crippen MR) is 359 cm³/mol. The van der Waals surface area contributed by atoms with Crippen LogP contribution < -0.4 is 5.46 Å². The lowest BCUT2D eigenvalue weighted by atomic mass is 9.80. The standard InChI is InChI=1S/C37H24N2S.C19H13BrN2.C18H13BO2S/c1-3-11-25(12-4-1)29-15-9-17-31-32-18-10-16-30(36(32)40-35(29)31)26-21-23-27(24-22-26)37-38-33-19-7-8-20-34(33)39(37)28-13-5-2-6-14-28;20-15-12-10-14(11-13-15)19-21-17-8-4-5-9-18(17)22(19)16-6-2-1-3-7-16;20-19(21)16-11-5-10-15-14-9-4-8-13(17(14)22-18(15)16)12-6-2-1-3-7-12/h1-24H;1-13H;1-11,20-21H. The summed E-state index contributed by atoms with van der Waals surface area (Å²) in [6, 6.07) is 101. The van der Waals surface area contributed by atoms with Crippen molar-refractivity contribution in [1.29, 1.82) is 0 Å². The fraction of sp³-hybridized carbons (Fsp3) is 0. The molecule has 2 N–H and O–H groups in total. The number of nitrogens with zero attached hydrogens (tertiary/aromatic N) is 4. The Labute approximate surface area is 502 Å². The molecule has 400 valence electrons. The van der Waals surface area contributed by atoms with Gasteiger partial charge in [0.05, 0.1) is 22.1 Å². The topological polar surface area (TPSA) is 76.1 Å². The summed E-state index contributed by atoms with van der Waals surface area (Å²) in [6.45, 7) is 0. The molecule has 4 heterocycles. The summed E-state index contributed by atoms with van der Waals surface area (Å²) < 4.78 is 10.3. The van der Waals surface area contributed by atoms with Crippen LogP contribution in [0.2, 0.25) is 0 Å². The monoisotopic (exact) mass is 1180 g/mol. The molecule has 0 saturated carbocycles. The van der Waals surface area contributed by atoms with Crippen molar-refractivity contribution in [1.82, 2.24) is 19.1 Å². The lowest BCUT2D eigenvalue weighted by Gasteiger charge is -2.10. The van der Waals surface area contributed by atoms with Crippen molar-refractivity contribution in [2.24, 2.45) is 0 Å². The molecule has 16 rings (SSSR count). The number of hydrogen-bond donors (Lipinski definition) is 2. The van der Waals surface area contributed by atoms with Gasteiger partial charge in [0.15, 0.2) is 0 Å². The van der Waals surface area contributed by atoms with Crippen LogP contribution in [0.5, 0.6) is 0 Å². The Morgan fingerprint density at radius 3 is 1.07 bits per heavy atom. The van der Waals surface area contributed by atoms with Gasteiger partial charge in [-0.3, -0.25) is 9.13 Å². The van der Waals surface area contributed by atoms with Gasteiger partial charge in [-0.15, -0.1) is 22.7 Å². The Hall–Kier alpha value is -9.52. The van der Waals surface area contributed by atoms with Crippen LogP contribution in [0.4, 0.5) is 0 Å². The van der Waals surface area contributed by atoms with Crippen molar-refractivity contribution < 1.29 is 10.0 Å². The molecule has 12 aromatic carbocycles. The van der Waals surface area contributed by atoms with Crippen LogP contribution in [0.15, 0.2) is 296 Å². The maximum atomic E-state index is 9.60. The van der Waals surface area contributed by atoms with E-state index in [1.165, 1.54) is 58.3 Å². The van der Waals surface area contributed by atoms with E-state index in [-0.39, 0.29) is 0 Å². The van der Waals surface area contributed by atoms with Gasteiger partial charge >= 0.3 is 7.12 Å². The normalized spacial score (nSPS) is 11.3. The van der Waals surface area contributed by atoms with Crippen molar-refractivity contribution in [3.8, 4) is 67.5 Å². The average molecular weight is 1180 g/mol. The van der Waals surface area contributed by atoms with Crippen LogP contribution in [0.3, 0.4) is 0 Å². The summed E-state index contributed by atoms with van der Waals surface area (Å²) in [4.78, 5) is 9.88. The van der Waals surface area contributed by atoms with E-state index < -0.39 is 7.12 Å². The third kappa shape index (κ3) is 10.00. The maximum Gasteiger partial charge on any atom is 0.489 e. The maximum absolute atomic E-state index is 9.60. The lowest BCUT2D eigenvalue weighted by molar-refractivity contribution is 0.426. The molecule has 6 nitrogen and oxygen atoms in total. The van der Waals surface area contributed by atoms with Gasteiger partial charge in [-0.05, 0) is 105 Å². The number of rotatable bonds is 8. The Kier molecular flexibility index (Phi) is 14.4. The summed E-state index contributed by atoms with van der Waals surface area (Å²) in [7, 11) is -1.45. The first-order valence-corrected chi connectivity index (χ1v) is 30.1. The second-order valence-corrected chi connectivity index (χ2v) is 23.3. The minimum atomic E-state index is -1.45. The Balaban J connectivity index is 0.000000121. The van der Waals surface area contributed by atoms with Gasteiger partial charge in [-0.2, -0.15) is 0 Å². The fourth-order valence-electron chi connectivity index (χ4n) is 11.3. The largest absolute Gasteiger partial charge is 0.489 e. The molecular formula is C74H50BBrN4O2S2. The van der Waals surface area contributed by atoms with E-state index in [9.17, 15) is 10.0 Å². The van der Waals surface area contributed by atoms with Gasteiger partial charge in [0.2, 0.25) is 0 Å². The van der Waals surface area contributed by atoms with Crippen LogP contribution in [0, 0.1) is 0 Å². The van der Waals surface area contributed by atoms with E-state index in [1.807, 2.05) is 72.0 Å². The SMILES string of the molecule is Brc1ccc(-c2nc3ccccc3n2-c2ccccc2)cc1.OB(O)c1cccc2c1sc1c(-c3ccccc3)cccc12.c1ccc(-c2cccc3c2sc2c(-c4ccc(-c5nc6ccccc6n5-c5ccccc5)cc4)cccc23)cc1. The average Bonchev–Trinajstić information content (AvgIpc) is 4.54. The fourth-order valence-corrected chi connectivity index (χ4v) is 14.3. The van der Waals surface area contributed by atoms with Crippen molar-refractivity contribution in [3.05, 3.63) is 296 Å². The number of halogens is 1.